The molecule has 1 unspecified atom stereocenters. The Hall–Kier alpha value is -2.04. The molecule has 1 aromatic rings. The maximum Gasteiger partial charge on any atom is 0.326 e. The summed E-state index contributed by atoms with van der Waals surface area (Å²) in [4.78, 5) is 27.2. The molecule has 2 amide bonds. The molecule has 1 fully saturated rings. The van der Waals surface area contributed by atoms with Crippen molar-refractivity contribution >= 4 is 17.7 Å². The van der Waals surface area contributed by atoms with Crippen LogP contribution in [0.5, 0.6) is 0 Å². The Bertz CT molecular complexity index is 513. The van der Waals surface area contributed by atoms with Crippen LogP contribution in [-0.4, -0.2) is 41.1 Å². The van der Waals surface area contributed by atoms with Crippen molar-refractivity contribution in [3.63, 3.8) is 0 Å². The molecule has 114 valence electrons. The number of carboxylic acids is 1. The minimum absolute atomic E-state index is 0.214. The smallest absolute Gasteiger partial charge is 0.326 e. The molecule has 21 heavy (non-hydrogen) atoms. The molecule has 0 aromatic heterocycles. The van der Waals surface area contributed by atoms with Gasteiger partial charge in [-0.25, -0.2) is 9.59 Å². The Kier molecular flexibility index (Phi) is 4.83. The number of carboxylic acid groups (broad SMARTS) is 1. The van der Waals surface area contributed by atoms with Gasteiger partial charge in [-0.05, 0) is 45.2 Å². The van der Waals surface area contributed by atoms with Gasteiger partial charge in [-0.15, -0.1) is 0 Å². The SMILES string of the molecule is CCN(C(=O)N1CCCCC1C(=O)O)c1ccc(C)cc1. The molecule has 1 saturated heterocycles. The maximum absolute atomic E-state index is 12.7. The number of piperidine rings is 1. The fourth-order valence-corrected chi connectivity index (χ4v) is 2.73. The van der Waals surface area contributed by atoms with E-state index < -0.39 is 12.0 Å². The molecule has 1 aliphatic heterocycles. The molecule has 0 bridgehead atoms. The molecule has 1 aliphatic rings. The first-order valence-corrected chi connectivity index (χ1v) is 7.42. The molecule has 0 saturated carbocycles. The van der Waals surface area contributed by atoms with Crippen LogP contribution >= 0.6 is 0 Å². The summed E-state index contributed by atoms with van der Waals surface area (Å²) in [6, 6.07) is 6.79. The number of nitrogens with zero attached hydrogens (tertiary/aromatic N) is 2. The number of carbonyl (C=O) groups is 2. The van der Waals surface area contributed by atoms with Crippen molar-refractivity contribution < 1.29 is 14.7 Å². The van der Waals surface area contributed by atoms with Gasteiger partial charge in [0.15, 0.2) is 0 Å². The number of aryl methyl sites for hydroxylation is 1. The predicted octanol–water partition coefficient (Wildman–Crippen LogP) is 2.88. The molecule has 1 heterocycles. The second-order valence-corrected chi connectivity index (χ2v) is 5.41. The van der Waals surface area contributed by atoms with Crippen molar-refractivity contribution in [2.75, 3.05) is 18.0 Å². The summed E-state index contributed by atoms with van der Waals surface area (Å²) >= 11 is 0. The van der Waals surface area contributed by atoms with Gasteiger partial charge in [-0.2, -0.15) is 0 Å². The lowest BCUT2D eigenvalue weighted by Crippen LogP contribution is -2.53. The number of hydrogen-bond acceptors (Lipinski definition) is 2. The van der Waals surface area contributed by atoms with E-state index in [1.54, 1.807) is 4.90 Å². The van der Waals surface area contributed by atoms with Crippen LogP contribution in [0.25, 0.3) is 0 Å². The van der Waals surface area contributed by atoms with Crippen LogP contribution in [0.3, 0.4) is 0 Å². The molecular weight excluding hydrogens is 268 g/mol. The van der Waals surface area contributed by atoms with Gasteiger partial charge >= 0.3 is 12.0 Å². The summed E-state index contributed by atoms with van der Waals surface area (Å²) in [6.07, 6.45) is 2.25. The van der Waals surface area contributed by atoms with Crippen LogP contribution in [0.2, 0.25) is 0 Å². The number of anilines is 1. The molecular formula is C16H22N2O3. The molecule has 5 nitrogen and oxygen atoms in total. The molecule has 0 aliphatic carbocycles. The summed E-state index contributed by atoms with van der Waals surface area (Å²) in [5.41, 5.74) is 1.94. The van der Waals surface area contributed by atoms with Crippen molar-refractivity contribution in [2.45, 2.75) is 39.2 Å². The predicted molar refractivity (Wildman–Crippen MR) is 81.6 cm³/mol. The molecule has 5 heteroatoms. The van der Waals surface area contributed by atoms with Crippen LogP contribution in [0.1, 0.15) is 31.7 Å². The van der Waals surface area contributed by atoms with Crippen LogP contribution in [-0.2, 0) is 4.79 Å². The van der Waals surface area contributed by atoms with E-state index in [0.717, 1.165) is 24.1 Å². The maximum atomic E-state index is 12.7. The molecule has 1 aromatic carbocycles. The zero-order chi connectivity index (χ0) is 15.4. The summed E-state index contributed by atoms with van der Waals surface area (Å²) in [5.74, 6) is -0.914. The number of benzene rings is 1. The third-order valence-corrected chi connectivity index (χ3v) is 3.93. The van der Waals surface area contributed by atoms with Crippen LogP contribution < -0.4 is 4.90 Å². The minimum atomic E-state index is -0.914. The first kappa shape index (κ1) is 15.4. The lowest BCUT2D eigenvalue weighted by atomic mass is 10.0. The highest BCUT2D eigenvalue weighted by Gasteiger charge is 2.34. The van der Waals surface area contributed by atoms with Gasteiger partial charge in [-0.1, -0.05) is 17.7 Å². The average molecular weight is 290 g/mol. The average Bonchev–Trinajstić information content (AvgIpc) is 2.49. The lowest BCUT2D eigenvalue weighted by molar-refractivity contribution is -0.143. The Morgan fingerprint density at radius 1 is 1.29 bits per heavy atom. The zero-order valence-corrected chi connectivity index (χ0v) is 12.6. The summed E-state index contributed by atoms with van der Waals surface area (Å²) in [7, 11) is 0. The fourth-order valence-electron chi connectivity index (χ4n) is 2.73. The third kappa shape index (κ3) is 3.35. The monoisotopic (exact) mass is 290 g/mol. The van der Waals surface area contributed by atoms with Crippen LogP contribution in [0.4, 0.5) is 10.5 Å². The number of hydrogen-bond donors (Lipinski definition) is 1. The van der Waals surface area contributed by atoms with Crippen LogP contribution in [0.15, 0.2) is 24.3 Å². The number of amides is 2. The first-order chi connectivity index (χ1) is 10.0. The first-order valence-electron chi connectivity index (χ1n) is 7.42. The Morgan fingerprint density at radius 3 is 2.52 bits per heavy atom. The van der Waals surface area contributed by atoms with E-state index in [9.17, 15) is 14.7 Å². The Morgan fingerprint density at radius 2 is 1.95 bits per heavy atom. The van der Waals surface area contributed by atoms with Gasteiger partial charge in [0, 0.05) is 18.8 Å². The second-order valence-electron chi connectivity index (χ2n) is 5.41. The largest absolute Gasteiger partial charge is 0.480 e. The topological polar surface area (TPSA) is 60.9 Å². The van der Waals surface area contributed by atoms with Gasteiger partial charge in [0.1, 0.15) is 6.04 Å². The zero-order valence-electron chi connectivity index (χ0n) is 12.6. The summed E-state index contributed by atoms with van der Waals surface area (Å²) in [6.45, 7) is 4.92. The van der Waals surface area contributed by atoms with Crippen molar-refractivity contribution in [3.05, 3.63) is 29.8 Å². The lowest BCUT2D eigenvalue weighted by Gasteiger charge is -2.36. The summed E-state index contributed by atoms with van der Waals surface area (Å²) < 4.78 is 0. The Labute approximate surface area is 125 Å². The Balaban J connectivity index is 2.22. The van der Waals surface area contributed by atoms with Crippen molar-refractivity contribution in [2.24, 2.45) is 0 Å². The highest BCUT2D eigenvalue weighted by Crippen LogP contribution is 2.22. The standard InChI is InChI=1S/C16H22N2O3/c1-3-17(13-9-7-12(2)8-10-13)16(21)18-11-5-4-6-14(18)15(19)20/h7-10,14H,3-6,11H2,1-2H3,(H,19,20). The van der Waals surface area contributed by atoms with Gasteiger partial charge in [-0.3, -0.25) is 4.90 Å². The number of urea groups is 1. The molecule has 0 radical (unpaired) electrons. The van der Waals surface area contributed by atoms with E-state index in [-0.39, 0.29) is 6.03 Å². The highest BCUT2D eigenvalue weighted by atomic mass is 16.4. The number of carbonyl (C=O) groups excluding carboxylic acids is 1. The fraction of sp³-hybridized carbons (Fsp3) is 0.500. The van der Waals surface area contributed by atoms with E-state index in [1.165, 1.54) is 4.90 Å². The van der Waals surface area contributed by atoms with Gasteiger partial charge in [0.25, 0.3) is 0 Å². The molecule has 1 atom stereocenters. The highest BCUT2D eigenvalue weighted by molar-refractivity contribution is 5.94. The molecule has 2 rings (SSSR count). The normalized spacial score (nSPS) is 18.4. The van der Waals surface area contributed by atoms with Gasteiger partial charge in [0.2, 0.25) is 0 Å². The number of likely N-dealkylation sites (tertiary alicyclic amines) is 1. The van der Waals surface area contributed by atoms with E-state index in [4.69, 9.17) is 0 Å². The van der Waals surface area contributed by atoms with Crippen molar-refractivity contribution in [1.29, 1.82) is 0 Å². The van der Waals surface area contributed by atoms with E-state index in [1.807, 2.05) is 38.1 Å². The quantitative estimate of drug-likeness (QED) is 0.931. The van der Waals surface area contributed by atoms with E-state index >= 15 is 0 Å². The molecule has 1 N–H and O–H groups in total. The minimum Gasteiger partial charge on any atom is -0.480 e. The van der Waals surface area contributed by atoms with E-state index in [2.05, 4.69) is 0 Å². The molecule has 0 spiro atoms. The van der Waals surface area contributed by atoms with Crippen LogP contribution in [0, 0.1) is 6.92 Å². The third-order valence-electron chi connectivity index (χ3n) is 3.93. The van der Waals surface area contributed by atoms with Gasteiger partial charge in [0.05, 0.1) is 0 Å². The number of rotatable bonds is 3. The van der Waals surface area contributed by atoms with Crippen molar-refractivity contribution in [3.8, 4) is 0 Å². The summed E-state index contributed by atoms with van der Waals surface area (Å²) in [5, 5.41) is 9.31. The van der Waals surface area contributed by atoms with E-state index in [0.29, 0.717) is 19.5 Å². The second kappa shape index (κ2) is 6.61. The number of aliphatic carboxylic acids is 1. The van der Waals surface area contributed by atoms with Gasteiger partial charge < -0.3 is 10.0 Å². The van der Waals surface area contributed by atoms with Crippen molar-refractivity contribution in [1.82, 2.24) is 4.90 Å².